The van der Waals surface area contributed by atoms with E-state index >= 15 is 0 Å². The Kier molecular flexibility index (Phi) is 9.61. The average molecular weight is 754 g/mol. The van der Waals surface area contributed by atoms with Gasteiger partial charge in [0.15, 0.2) is 0 Å². The number of hydrogen-bond donors (Lipinski definition) is 4. The van der Waals surface area contributed by atoms with E-state index in [2.05, 4.69) is 0 Å². The lowest BCUT2D eigenvalue weighted by Gasteiger charge is -2.21. The zero-order valence-corrected chi connectivity index (χ0v) is 24.7. The van der Waals surface area contributed by atoms with Crippen molar-refractivity contribution < 1.29 is 92.3 Å². The minimum Gasteiger partial charge on any atom is -0.478 e. The highest BCUT2D eigenvalue weighted by molar-refractivity contribution is 6.09. The monoisotopic (exact) mass is 754 g/mol. The van der Waals surface area contributed by atoms with Gasteiger partial charge in [0, 0.05) is 0 Å². The molecule has 20 heteroatoms. The first-order valence-electron chi connectivity index (χ1n) is 13.5. The van der Waals surface area contributed by atoms with Gasteiger partial charge >= 0.3 is 48.6 Å². The van der Waals surface area contributed by atoms with E-state index in [1.165, 1.54) is 0 Å². The second-order valence-electron chi connectivity index (χ2n) is 10.7. The van der Waals surface area contributed by atoms with Crippen LogP contribution in [-0.2, 0) is 24.7 Å². The van der Waals surface area contributed by atoms with Gasteiger partial charge in [-0.3, -0.25) is 0 Å². The van der Waals surface area contributed by atoms with Crippen molar-refractivity contribution in [2.45, 2.75) is 24.7 Å². The van der Waals surface area contributed by atoms with Gasteiger partial charge in [-0.25, -0.2) is 19.2 Å². The fraction of sp³-hybridized carbons (Fsp3) is 0.125. The normalized spacial score (nSPS) is 12.5. The van der Waals surface area contributed by atoms with E-state index in [0.29, 0.717) is 0 Å². The van der Waals surface area contributed by atoms with Crippen LogP contribution in [0.1, 0.15) is 63.7 Å². The molecule has 4 aromatic rings. The molecule has 52 heavy (non-hydrogen) atoms. The molecule has 0 spiro atoms. The van der Waals surface area contributed by atoms with Gasteiger partial charge in [0.1, 0.15) is 0 Å². The van der Waals surface area contributed by atoms with Crippen molar-refractivity contribution in [3.05, 3.63) is 105 Å². The molecule has 0 saturated carbocycles. The zero-order chi connectivity index (χ0) is 39.5. The Balaban J connectivity index is 2.35. The predicted octanol–water partition coefficient (Wildman–Crippen LogP) is 9.56. The highest BCUT2D eigenvalue weighted by atomic mass is 19.4. The summed E-state index contributed by atoms with van der Waals surface area (Å²) in [6.07, 6.45) is -22.2. The summed E-state index contributed by atoms with van der Waals surface area (Å²) in [7, 11) is 0. The second kappa shape index (κ2) is 12.9. The lowest BCUT2D eigenvalue weighted by molar-refractivity contribution is -0.144. The fourth-order valence-electron chi connectivity index (χ4n) is 5.05. The van der Waals surface area contributed by atoms with Crippen molar-refractivity contribution in [1.29, 1.82) is 0 Å². The van der Waals surface area contributed by atoms with Crippen LogP contribution in [0.5, 0.6) is 0 Å². The summed E-state index contributed by atoms with van der Waals surface area (Å²) in [5, 5.41) is 38.9. The summed E-state index contributed by atoms with van der Waals surface area (Å²) in [5.74, 6) is -8.53. The van der Waals surface area contributed by atoms with Gasteiger partial charge in [0.05, 0.1) is 44.5 Å². The standard InChI is InChI=1S/C32H14F12O8/c33-29(34,35)13-1-11(2-14(5-13)30(36,37)38)17-7-21(25(45)46)23(27(49)50)9-19(17)20-10-24(28(51)52)22(26(47)48)8-18(20)12-3-15(31(39,40)41)6-16(4-12)32(42,43)44/h1-10H,(H,45,46)(H,47,48)(H,49,50)(H,51,52). The number of carboxylic acids is 4. The van der Waals surface area contributed by atoms with E-state index in [4.69, 9.17) is 0 Å². The molecule has 4 aromatic carbocycles. The smallest absolute Gasteiger partial charge is 0.416 e. The molecule has 0 fully saturated rings. The van der Waals surface area contributed by atoms with Crippen molar-refractivity contribution in [3.8, 4) is 33.4 Å². The molecular formula is C32H14F12O8. The van der Waals surface area contributed by atoms with E-state index in [1.54, 1.807) is 0 Å². The summed E-state index contributed by atoms with van der Waals surface area (Å²) >= 11 is 0. The number of carboxylic acid groups (broad SMARTS) is 4. The van der Waals surface area contributed by atoms with Gasteiger partial charge in [-0.15, -0.1) is 0 Å². The first-order valence-corrected chi connectivity index (χ1v) is 13.5. The van der Waals surface area contributed by atoms with Crippen LogP contribution in [0.2, 0.25) is 0 Å². The van der Waals surface area contributed by atoms with Crippen LogP contribution in [-0.4, -0.2) is 44.3 Å². The second-order valence-corrected chi connectivity index (χ2v) is 10.7. The van der Waals surface area contributed by atoms with Gasteiger partial charge in [-0.05, 0) is 94.0 Å². The number of hydrogen-bond acceptors (Lipinski definition) is 4. The van der Waals surface area contributed by atoms with Crippen molar-refractivity contribution in [1.82, 2.24) is 0 Å². The van der Waals surface area contributed by atoms with Crippen LogP contribution in [0.4, 0.5) is 52.7 Å². The number of alkyl halides is 12. The van der Waals surface area contributed by atoms with Crippen LogP contribution < -0.4 is 0 Å². The Bertz CT molecular complexity index is 1940. The van der Waals surface area contributed by atoms with Crippen LogP contribution in [0, 0.1) is 0 Å². The van der Waals surface area contributed by atoms with Gasteiger partial charge < -0.3 is 20.4 Å². The quantitative estimate of drug-likeness (QED) is 0.136. The maximum absolute atomic E-state index is 13.8. The molecule has 0 amide bonds. The lowest BCUT2D eigenvalue weighted by Crippen LogP contribution is -2.13. The summed E-state index contributed by atoms with van der Waals surface area (Å²) in [6, 6.07) is 0.373. The molecule has 0 radical (unpaired) electrons. The molecule has 4 N–H and O–H groups in total. The molecule has 0 saturated heterocycles. The Morgan fingerprint density at radius 1 is 0.327 bits per heavy atom. The van der Waals surface area contributed by atoms with Gasteiger partial charge in [-0.1, -0.05) is 0 Å². The highest BCUT2D eigenvalue weighted by Gasteiger charge is 2.39. The van der Waals surface area contributed by atoms with Crippen molar-refractivity contribution in [3.63, 3.8) is 0 Å². The van der Waals surface area contributed by atoms with E-state index in [1.807, 2.05) is 0 Å². The molecule has 0 aromatic heterocycles. The molecule has 0 aliphatic carbocycles. The Labute approximate surface area is 279 Å². The molecule has 4 rings (SSSR count). The maximum Gasteiger partial charge on any atom is 0.416 e. The molecule has 274 valence electrons. The first-order chi connectivity index (χ1) is 23.6. The zero-order valence-electron chi connectivity index (χ0n) is 24.7. The predicted molar refractivity (Wildman–Crippen MR) is 151 cm³/mol. The van der Waals surface area contributed by atoms with Crippen LogP contribution in [0.15, 0.2) is 60.7 Å². The molecule has 8 nitrogen and oxygen atoms in total. The molecular weight excluding hydrogens is 740 g/mol. The lowest BCUT2D eigenvalue weighted by atomic mass is 9.83. The van der Waals surface area contributed by atoms with E-state index in [-0.39, 0.29) is 60.7 Å². The van der Waals surface area contributed by atoms with Crippen LogP contribution >= 0.6 is 0 Å². The highest BCUT2D eigenvalue weighted by Crippen LogP contribution is 2.46. The van der Waals surface area contributed by atoms with Crippen molar-refractivity contribution in [2.24, 2.45) is 0 Å². The minimum absolute atomic E-state index is 0.0234. The SMILES string of the molecule is O=C(O)c1cc(-c2cc(C(F)(F)F)cc(C(F)(F)F)c2)c(-c2cc(C(=O)O)c(C(=O)O)cc2-c2cc(C(F)(F)F)cc(C(F)(F)F)c2)cc1C(=O)O. The number of rotatable bonds is 7. The summed E-state index contributed by atoms with van der Waals surface area (Å²) in [5.41, 5.74) is -19.9. The maximum atomic E-state index is 13.8. The third kappa shape index (κ3) is 7.79. The Morgan fingerprint density at radius 3 is 0.692 bits per heavy atom. The number of aromatic carboxylic acids is 4. The number of halogens is 12. The molecule has 0 atom stereocenters. The van der Waals surface area contributed by atoms with Gasteiger partial charge in [0.25, 0.3) is 0 Å². The third-order valence-corrected chi connectivity index (χ3v) is 7.32. The van der Waals surface area contributed by atoms with Gasteiger partial charge in [0.2, 0.25) is 0 Å². The first kappa shape index (κ1) is 38.7. The van der Waals surface area contributed by atoms with Crippen LogP contribution in [0.3, 0.4) is 0 Å². The van der Waals surface area contributed by atoms with Crippen LogP contribution in [0.25, 0.3) is 33.4 Å². The van der Waals surface area contributed by atoms with Crippen molar-refractivity contribution in [2.75, 3.05) is 0 Å². The average Bonchev–Trinajstić information content (AvgIpc) is 3.01. The molecule has 0 heterocycles. The summed E-state index contributed by atoms with van der Waals surface area (Å²) in [4.78, 5) is 48.3. The molecule has 0 unspecified atom stereocenters. The number of benzene rings is 4. The summed E-state index contributed by atoms with van der Waals surface area (Å²) < 4.78 is 166. The summed E-state index contributed by atoms with van der Waals surface area (Å²) in [6.45, 7) is 0. The Morgan fingerprint density at radius 2 is 0.519 bits per heavy atom. The van der Waals surface area contributed by atoms with E-state index < -0.39 is 126 Å². The van der Waals surface area contributed by atoms with E-state index in [0.717, 1.165) is 0 Å². The Hall–Kier alpha value is -6.08. The van der Waals surface area contributed by atoms with E-state index in [9.17, 15) is 92.3 Å². The molecule has 0 aliphatic heterocycles. The van der Waals surface area contributed by atoms with Crippen molar-refractivity contribution >= 4 is 23.9 Å². The fourth-order valence-corrected chi connectivity index (χ4v) is 5.05. The largest absolute Gasteiger partial charge is 0.478 e. The third-order valence-electron chi connectivity index (χ3n) is 7.32. The molecule has 0 bridgehead atoms. The molecule has 0 aliphatic rings. The minimum atomic E-state index is -5.54. The number of carbonyl (C=O) groups is 4. The van der Waals surface area contributed by atoms with Gasteiger partial charge in [-0.2, -0.15) is 52.7 Å². The topological polar surface area (TPSA) is 149 Å².